The quantitative estimate of drug-likeness (QED) is 0.413. The van der Waals surface area contributed by atoms with Gasteiger partial charge < -0.3 is 10.4 Å². The van der Waals surface area contributed by atoms with Gasteiger partial charge in [0, 0.05) is 30.7 Å². The van der Waals surface area contributed by atoms with E-state index < -0.39 is 17.9 Å². The molecule has 1 aromatic heterocycles. The number of aromatic nitrogens is 1. The maximum Gasteiger partial charge on any atom is 0.327 e. The number of carboxylic acids is 1. The van der Waals surface area contributed by atoms with Crippen LogP contribution in [0.4, 0.5) is 0 Å². The molecule has 2 heterocycles. The first kappa shape index (κ1) is 24.9. The van der Waals surface area contributed by atoms with Crippen LogP contribution in [0.25, 0.3) is 0 Å². The Morgan fingerprint density at radius 2 is 1.86 bits per heavy atom. The van der Waals surface area contributed by atoms with Crippen LogP contribution in [0.1, 0.15) is 40.6 Å². The number of likely N-dealkylation sites (tertiary alicyclic amines) is 1. The molecule has 1 fully saturated rings. The third kappa shape index (κ3) is 5.74. The number of benzene rings is 2. The molecule has 0 aliphatic carbocycles. The van der Waals surface area contributed by atoms with Crippen molar-refractivity contribution in [2.75, 3.05) is 12.3 Å². The Kier molecular flexibility index (Phi) is 8.21. The van der Waals surface area contributed by atoms with Gasteiger partial charge in [-0.2, -0.15) is 12.6 Å². The summed E-state index contributed by atoms with van der Waals surface area (Å²) in [6, 6.07) is 20.9. The fraction of sp³-hybridized carbons (Fsp3) is 0.321. The van der Waals surface area contributed by atoms with Gasteiger partial charge in [-0.1, -0.05) is 60.7 Å². The zero-order valence-electron chi connectivity index (χ0n) is 19.7. The molecular weight excluding hydrogens is 458 g/mol. The number of rotatable bonds is 8. The van der Waals surface area contributed by atoms with Gasteiger partial charge in [0.25, 0.3) is 0 Å². The molecule has 4 atom stereocenters. The maximum absolute atomic E-state index is 13.9. The van der Waals surface area contributed by atoms with Crippen LogP contribution in [-0.2, 0) is 16.1 Å². The van der Waals surface area contributed by atoms with Gasteiger partial charge in [-0.3, -0.25) is 14.7 Å². The van der Waals surface area contributed by atoms with Crippen LogP contribution in [0, 0.1) is 12.8 Å². The van der Waals surface area contributed by atoms with Crippen molar-refractivity contribution in [3.63, 3.8) is 0 Å². The first-order chi connectivity index (χ1) is 17.0. The summed E-state index contributed by atoms with van der Waals surface area (Å²) in [7, 11) is 0. The molecule has 3 aromatic rings. The minimum atomic E-state index is -1.08. The summed E-state index contributed by atoms with van der Waals surface area (Å²) in [6.45, 7) is 3.51. The zero-order chi connectivity index (χ0) is 24.8. The molecule has 182 valence electrons. The van der Waals surface area contributed by atoms with E-state index >= 15 is 0 Å². The highest BCUT2D eigenvalue weighted by molar-refractivity contribution is 7.80. The molecule has 1 aliphatic rings. The third-order valence-electron chi connectivity index (χ3n) is 6.83. The lowest BCUT2D eigenvalue weighted by Crippen LogP contribution is -2.52. The second-order valence-corrected chi connectivity index (χ2v) is 9.41. The van der Waals surface area contributed by atoms with Gasteiger partial charge in [-0.25, -0.2) is 4.79 Å². The maximum atomic E-state index is 13.9. The van der Waals surface area contributed by atoms with Gasteiger partial charge in [0.2, 0.25) is 5.91 Å². The molecule has 1 amide bonds. The van der Waals surface area contributed by atoms with E-state index in [1.807, 2.05) is 48.7 Å². The molecule has 1 aliphatic heterocycles. The van der Waals surface area contributed by atoms with E-state index in [4.69, 9.17) is 0 Å². The molecule has 0 bridgehead atoms. The van der Waals surface area contributed by atoms with E-state index in [1.165, 1.54) is 0 Å². The van der Waals surface area contributed by atoms with Gasteiger partial charge in [-0.15, -0.1) is 0 Å². The fourth-order valence-electron chi connectivity index (χ4n) is 5.17. The van der Waals surface area contributed by atoms with Crippen LogP contribution in [0.2, 0.25) is 0 Å². The normalized spacial score (nSPS) is 21.3. The van der Waals surface area contributed by atoms with Crippen molar-refractivity contribution in [3.05, 3.63) is 101 Å². The molecule has 7 heteroatoms. The largest absolute Gasteiger partial charge is 0.480 e. The summed E-state index contributed by atoms with van der Waals surface area (Å²) in [6.07, 6.45) is 4.39. The summed E-state index contributed by atoms with van der Waals surface area (Å²) < 4.78 is 0. The van der Waals surface area contributed by atoms with Crippen LogP contribution in [0.5, 0.6) is 0 Å². The molecule has 0 spiro atoms. The molecule has 0 saturated carbocycles. The fourth-order valence-corrected chi connectivity index (χ4v) is 5.42. The van der Waals surface area contributed by atoms with Crippen molar-refractivity contribution in [1.29, 1.82) is 0 Å². The molecule has 6 nitrogen and oxygen atoms in total. The van der Waals surface area contributed by atoms with Gasteiger partial charge in [0.15, 0.2) is 0 Å². The number of thiol groups is 1. The number of hydrogen-bond donors (Lipinski definition) is 3. The lowest BCUT2D eigenvalue weighted by molar-refractivity contribution is -0.143. The minimum absolute atomic E-state index is 0.0260. The standard InChI is InChI=1S/C28H31N3O3S/c1-19-8-5-6-12-22(19)23-13-15-31(17-20-9-7-14-29-16-20)26(21-10-3-2-4-11-21)25(23)27(32)30-24(18-35)28(33)34/h2-12,14,16,23-26,35H,13,15,17-18H2,1H3,(H,30,32)(H,33,34)/t23-,24+,25-,26-/m0/s1. The van der Waals surface area contributed by atoms with Crippen LogP contribution < -0.4 is 5.32 Å². The highest BCUT2D eigenvalue weighted by Gasteiger charge is 2.44. The zero-order valence-corrected chi connectivity index (χ0v) is 20.6. The van der Waals surface area contributed by atoms with Crippen LogP contribution >= 0.6 is 12.6 Å². The molecule has 2 aromatic carbocycles. The van der Waals surface area contributed by atoms with Crippen molar-refractivity contribution >= 4 is 24.5 Å². The van der Waals surface area contributed by atoms with E-state index in [9.17, 15) is 14.7 Å². The number of aryl methyl sites for hydroxylation is 1. The number of nitrogens with zero attached hydrogens (tertiary/aromatic N) is 2. The number of hydrogen-bond acceptors (Lipinski definition) is 5. The number of carbonyl (C=O) groups excluding carboxylic acids is 1. The highest BCUT2D eigenvalue weighted by Crippen LogP contribution is 2.46. The third-order valence-corrected chi connectivity index (χ3v) is 7.20. The molecule has 4 rings (SSSR count). The lowest BCUT2D eigenvalue weighted by Gasteiger charge is -2.46. The van der Waals surface area contributed by atoms with Crippen LogP contribution in [0.15, 0.2) is 79.1 Å². The Hall–Kier alpha value is -3.16. The van der Waals surface area contributed by atoms with E-state index in [2.05, 4.69) is 59.0 Å². The van der Waals surface area contributed by atoms with Gasteiger partial charge in [0.05, 0.1) is 5.92 Å². The van der Waals surface area contributed by atoms with E-state index in [0.29, 0.717) is 6.54 Å². The van der Waals surface area contributed by atoms with Crippen molar-refractivity contribution in [3.8, 4) is 0 Å². The number of aliphatic carboxylic acids is 1. The van der Waals surface area contributed by atoms with Crippen molar-refractivity contribution in [1.82, 2.24) is 15.2 Å². The second kappa shape index (κ2) is 11.5. The summed E-state index contributed by atoms with van der Waals surface area (Å²) in [5.74, 6) is -1.85. The predicted molar refractivity (Wildman–Crippen MR) is 139 cm³/mol. The molecular formula is C28H31N3O3S. The van der Waals surface area contributed by atoms with E-state index in [0.717, 1.165) is 35.2 Å². The number of carbonyl (C=O) groups is 2. The average Bonchev–Trinajstić information content (AvgIpc) is 2.88. The molecule has 2 N–H and O–H groups in total. The Morgan fingerprint density at radius 3 is 2.51 bits per heavy atom. The first-order valence-electron chi connectivity index (χ1n) is 11.9. The molecule has 0 unspecified atom stereocenters. The van der Waals surface area contributed by atoms with E-state index in [-0.39, 0.29) is 23.6 Å². The van der Waals surface area contributed by atoms with Crippen molar-refractivity contribution < 1.29 is 14.7 Å². The van der Waals surface area contributed by atoms with Crippen LogP contribution in [-0.4, -0.2) is 45.2 Å². The number of piperidine rings is 1. The van der Waals surface area contributed by atoms with Gasteiger partial charge in [-0.05, 0) is 54.1 Å². The minimum Gasteiger partial charge on any atom is -0.480 e. The number of amides is 1. The summed E-state index contributed by atoms with van der Waals surface area (Å²) >= 11 is 4.17. The summed E-state index contributed by atoms with van der Waals surface area (Å²) in [4.78, 5) is 32.2. The highest BCUT2D eigenvalue weighted by atomic mass is 32.1. The Bertz CT molecular complexity index is 1140. The first-order valence-corrected chi connectivity index (χ1v) is 12.5. The van der Waals surface area contributed by atoms with Crippen molar-refractivity contribution in [2.45, 2.75) is 37.9 Å². The monoisotopic (exact) mass is 489 g/mol. The van der Waals surface area contributed by atoms with Crippen molar-refractivity contribution in [2.24, 2.45) is 5.92 Å². The second-order valence-electron chi connectivity index (χ2n) is 9.05. The SMILES string of the molecule is Cc1ccccc1[C@@H]1CCN(Cc2cccnc2)[C@@H](c2ccccc2)[C@H]1C(=O)N[C@H](CS)C(=O)O. The molecule has 35 heavy (non-hydrogen) atoms. The smallest absolute Gasteiger partial charge is 0.327 e. The Labute approximate surface area is 211 Å². The number of nitrogens with one attached hydrogen (secondary N) is 1. The molecule has 0 radical (unpaired) electrons. The van der Waals surface area contributed by atoms with E-state index in [1.54, 1.807) is 6.20 Å². The lowest BCUT2D eigenvalue weighted by atomic mass is 9.72. The topological polar surface area (TPSA) is 82.5 Å². The summed E-state index contributed by atoms with van der Waals surface area (Å²) in [5, 5.41) is 12.4. The number of pyridine rings is 1. The van der Waals surface area contributed by atoms with Gasteiger partial charge in [0.1, 0.15) is 6.04 Å². The Morgan fingerprint density at radius 1 is 1.11 bits per heavy atom. The average molecular weight is 490 g/mol. The number of carboxylic acid groups (broad SMARTS) is 1. The predicted octanol–water partition coefficient (Wildman–Crippen LogP) is 4.24. The molecule has 1 saturated heterocycles. The van der Waals surface area contributed by atoms with Gasteiger partial charge >= 0.3 is 5.97 Å². The summed E-state index contributed by atoms with van der Waals surface area (Å²) in [5.41, 5.74) is 4.37. The Balaban J connectivity index is 1.79. The van der Waals surface area contributed by atoms with Crippen LogP contribution in [0.3, 0.4) is 0 Å².